The van der Waals surface area contributed by atoms with E-state index in [1.165, 1.54) is 12.3 Å². The lowest BCUT2D eigenvalue weighted by Crippen LogP contribution is -2.46. The Labute approximate surface area is 204 Å². The van der Waals surface area contributed by atoms with Crippen molar-refractivity contribution in [2.75, 3.05) is 18.0 Å². The van der Waals surface area contributed by atoms with Crippen LogP contribution in [0, 0.1) is 0 Å². The maximum atomic E-state index is 12.9. The molecule has 9 nitrogen and oxygen atoms in total. The Balaban J connectivity index is 0.00000304. The van der Waals surface area contributed by atoms with Gasteiger partial charge in [-0.1, -0.05) is 11.6 Å². The third kappa shape index (κ3) is 5.16. The van der Waals surface area contributed by atoms with E-state index in [9.17, 15) is 22.8 Å². The zero-order chi connectivity index (χ0) is 24.7. The van der Waals surface area contributed by atoms with Crippen LogP contribution >= 0.6 is 11.6 Å². The minimum absolute atomic E-state index is 0. The van der Waals surface area contributed by atoms with E-state index >= 15 is 0 Å². The number of hydrogen-bond donors (Lipinski definition) is 3. The van der Waals surface area contributed by atoms with Gasteiger partial charge in [0.1, 0.15) is 29.7 Å². The normalized spacial score (nSPS) is 18.2. The predicted octanol–water partition coefficient (Wildman–Crippen LogP) is 3.46. The molecule has 3 aromatic rings. The molecular formula is C22H23ClF3N7O2. The van der Waals surface area contributed by atoms with Gasteiger partial charge in [0.25, 0.3) is 5.91 Å². The fraction of sp³-hybridized carbons (Fsp3) is 0.409. The maximum Gasteiger partial charge on any atom is 0.405 e. The zero-order valence-corrected chi connectivity index (χ0v) is 19.1. The van der Waals surface area contributed by atoms with Gasteiger partial charge >= 0.3 is 6.18 Å². The first-order valence-corrected chi connectivity index (χ1v) is 11.5. The number of pyridine rings is 1. The Bertz CT molecular complexity index is 1300. The molecule has 1 saturated heterocycles. The summed E-state index contributed by atoms with van der Waals surface area (Å²) >= 11 is 6.12. The lowest BCUT2D eigenvalue weighted by Gasteiger charge is -2.25. The van der Waals surface area contributed by atoms with E-state index in [2.05, 4.69) is 25.3 Å². The first kappa shape index (κ1) is 23.3. The Kier molecular flexibility index (Phi) is 5.99. The number of carbonyl (C=O) groups is 2. The number of aromatic nitrogens is 4. The average Bonchev–Trinajstić information content (AvgIpc) is 3.32. The number of rotatable bonds is 6. The highest BCUT2D eigenvalue weighted by Crippen LogP contribution is 2.31. The minimum atomic E-state index is -4.51. The van der Waals surface area contributed by atoms with Gasteiger partial charge in [-0.05, 0) is 31.7 Å². The molecule has 0 spiro atoms. The minimum Gasteiger partial charge on any atom is -0.348 e. The van der Waals surface area contributed by atoms with Crippen LogP contribution in [-0.2, 0) is 4.79 Å². The number of amides is 2. The number of halogens is 4. The summed E-state index contributed by atoms with van der Waals surface area (Å²) in [7, 11) is 0. The highest BCUT2D eigenvalue weighted by atomic mass is 35.5. The molecule has 1 aliphatic carbocycles. The van der Waals surface area contributed by atoms with Crippen molar-refractivity contribution in [3.05, 3.63) is 35.2 Å². The highest BCUT2D eigenvalue weighted by Gasteiger charge is 2.35. The number of aromatic amines is 1. The second-order valence-electron chi connectivity index (χ2n) is 8.62. The van der Waals surface area contributed by atoms with Crippen molar-refractivity contribution in [3.63, 3.8) is 0 Å². The number of hydrogen-bond acceptors (Lipinski definition) is 6. The summed E-state index contributed by atoms with van der Waals surface area (Å²) in [4.78, 5) is 43.4. The number of fused-ring (bicyclic) bond motifs is 1. The Hall–Kier alpha value is -3.41. The van der Waals surface area contributed by atoms with Crippen LogP contribution in [-0.4, -0.2) is 63.1 Å². The van der Waals surface area contributed by atoms with Gasteiger partial charge in [0.15, 0.2) is 5.82 Å². The van der Waals surface area contributed by atoms with Crippen LogP contribution in [0.4, 0.5) is 19.0 Å². The molecule has 5 rings (SSSR count). The van der Waals surface area contributed by atoms with Crippen LogP contribution in [0.1, 0.15) is 37.6 Å². The zero-order valence-electron chi connectivity index (χ0n) is 18.3. The number of carbonyl (C=O) groups excluding carboxylic acids is 2. The molecule has 2 aliphatic rings. The molecule has 3 N–H and O–H groups in total. The summed E-state index contributed by atoms with van der Waals surface area (Å²) in [5, 5.41) is 5.88. The van der Waals surface area contributed by atoms with Gasteiger partial charge in [-0.25, -0.2) is 15.0 Å². The van der Waals surface area contributed by atoms with Crippen molar-refractivity contribution in [1.29, 1.82) is 0 Å². The number of anilines is 1. The maximum absolute atomic E-state index is 12.9. The fourth-order valence-corrected chi connectivity index (χ4v) is 4.24. The van der Waals surface area contributed by atoms with Crippen molar-refractivity contribution in [1.82, 2.24) is 30.6 Å². The lowest BCUT2D eigenvalue weighted by molar-refractivity contribution is -0.139. The summed E-state index contributed by atoms with van der Waals surface area (Å²) < 4.78 is 37.9. The number of H-pyrrole nitrogens is 1. The molecule has 13 heteroatoms. The van der Waals surface area contributed by atoms with Crippen LogP contribution < -0.4 is 15.5 Å². The van der Waals surface area contributed by atoms with Crippen molar-refractivity contribution < 1.29 is 24.2 Å². The SMILES string of the molecule is O=C(NC1CC1)c1cc(N2CCC[C@@H]2C(=O)NCC(F)(F)F)nc(-c2c[nH]c3ncc(Cl)cc23)n1.[HH]. The van der Waals surface area contributed by atoms with Crippen molar-refractivity contribution in [2.45, 2.75) is 43.9 Å². The fourth-order valence-electron chi connectivity index (χ4n) is 4.09. The molecule has 3 aromatic heterocycles. The molecule has 35 heavy (non-hydrogen) atoms. The molecule has 1 aliphatic heterocycles. The average molecular weight is 510 g/mol. The van der Waals surface area contributed by atoms with Crippen LogP contribution in [0.2, 0.25) is 5.02 Å². The number of nitrogens with one attached hydrogen (secondary N) is 3. The van der Waals surface area contributed by atoms with Gasteiger partial charge < -0.3 is 20.5 Å². The number of alkyl halides is 3. The van der Waals surface area contributed by atoms with Crippen LogP contribution in [0.25, 0.3) is 22.4 Å². The second-order valence-corrected chi connectivity index (χ2v) is 9.06. The summed E-state index contributed by atoms with van der Waals surface area (Å²) in [6, 6.07) is 2.40. The molecule has 2 amide bonds. The third-order valence-electron chi connectivity index (χ3n) is 5.91. The van der Waals surface area contributed by atoms with E-state index in [0.717, 1.165) is 12.8 Å². The second kappa shape index (κ2) is 8.99. The monoisotopic (exact) mass is 509 g/mol. The first-order chi connectivity index (χ1) is 16.7. The smallest absolute Gasteiger partial charge is 0.348 e. The van der Waals surface area contributed by atoms with Gasteiger partial charge in [0.05, 0.1) is 5.02 Å². The topological polar surface area (TPSA) is 116 Å². The van der Waals surface area contributed by atoms with Crippen molar-refractivity contribution >= 4 is 40.3 Å². The van der Waals surface area contributed by atoms with Gasteiger partial charge in [0, 0.05) is 43.4 Å². The van der Waals surface area contributed by atoms with Gasteiger partial charge in [-0.15, -0.1) is 0 Å². The summed E-state index contributed by atoms with van der Waals surface area (Å²) in [6.45, 7) is -1.02. The van der Waals surface area contributed by atoms with Gasteiger partial charge in [-0.3, -0.25) is 9.59 Å². The van der Waals surface area contributed by atoms with E-state index in [4.69, 9.17) is 11.6 Å². The van der Waals surface area contributed by atoms with Crippen LogP contribution in [0.3, 0.4) is 0 Å². The standard InChI is InChI=1S/C22H21ClF3N7O2.H2/c23-11-6-13-14(9-28-18(13)27-8-11)19-31-15(20(34)30-12-3-4-12)7-17(32-19)33-5-1-2-16(33)21(35)29-10-22(24,25)26;/h6-9,12,16H,1-5,10H2,(H,27,28)(H,29,35)(H,30,34);1H/t16-;/m1./s1. The summed E-state index contributed by atoms with van der Waals surface area (Å²) in [5.74, 6) is -0.636. The molecule has 0 radical (unpaired) electrons. The van der Waals surface area contributed by atoms with E-state index < -0.39 is 24.7 Å². The van der Waals surface area contributed by atoms with E-state index in [0.29, 0.717) is 41.0 Å². The molecule has 1 atom stereocenters. The predicted molar refractivity (Wildman–Crippen MR) is 124 cm³/mol. The van der Waals surface area contributed by atoms with E-state index in [1.54, 1.807) is 17.2 Å². The number of nitrogens with zero attached hydrogens (tertiary/aromatic N) is 4. The lowest BCUT2D eigenvalue weighted by atomic mass is 10.2. The molecular weight excluding hydrogens is 487 g/mol. The van der Waals surface area contributed by atoms with Crippen molar-refractivity contribution in [2.24, 2.45) is 0 Å². The van der Waals surface area contributed by atoms with Crippen molar-refractivity contribution in [3.8, 4) is 11.4 Å². The first-order valence-electron chi connectivity index (χ1n) is 11.1. The molecule has 4 heterocycles. The molecule has 0 bridgehead atoms. The molecule has 1 saturated carbocycles. The Morgan fingerprint density at radius 1 is 1.23 bits per heavy atom. The van der Waals surface area contributed by atoms with E-state index in [-0.39, 0.29) is 30.7 Å². The van der Waals surface area contributed by atoms with E-state index in [1.807, 2.05) is 5.32 Å². The Morgan fingerprint density at radius 2 is 2.03 bits per heavy atom. The van der Waals surface area contributed by atoms with Gasteiger partial charge in [0.2, 0.25) is 5.91 Å². The molecule has 2 fully saturated rings. The quantitative estimate of drug-likeness (QED) is 0.468. The summed E-state index contributed by atoms with van der Waals surface area (Å²) in [6.07, 6.45) is 1.34. The largest absolute Gasteiger partial charge is 0.405 e. The Morgan fingerprint density at radius 3 is 2.77 bits per heavy atom. The van der Waals surface area contributed by atoms with Crippen LogP contribution in [0.5, 0.6) is 0 Å². The third-order valence-corrected chi connectivity index (χ3v) is 6.12. The highest BCUT2D eigenvalue weighted by molar-refractivity contribution is 6.31. The van der Waals surface area contributed by atoms with Crippen LogP contribution in [0.15, 0.2) is 24.5 Å². The molecule has 0 unspecified atom stereocenters. The summed E-state index contributed by atoms with van der Waals surface area (Å²) in [5.41, 5.74) is 1.20. The molecule has 186 valence electrons. The molecule has 0 aromatic carbocycles. The van der Waals surface area contributed by atoms with Gasteiger partial charge in [-0.2, -0.15) is 13.2 Å².